The van der Waals surface area contributed by atoms with E-state index in [0.717, 1.165) is 23.2 Å². The van der Waals surface area contributed by atoms with Crippen molar-refractivity contribution in [2.75, 3.05) is 0 Å². The van der Waals surface area contributed by atoms with Crippen molar-refractivity contribution in [3.63, 3.8) is 0 Å². The van der Waals surface area contributed by atoms with E-state index < -0.39 is 0 Å². The van der Waals surface area contributed by atoms with E-state index >= 15 is 0 Å². The Bertz CT molecular complexity index is 360. The minimum Gasteiger partial charge on any atom is -0.241 e. The molecule has 0 fully saturated rings. The first-order chi connectivity index (χ1) is 7.20. The van der Waals surface area contributed by atoms with Crippen molar-refractivity contribution in [3.05, 3.63) is 28.0 Å². The summed E-state index contributed by atoms with van der Waals surface area (Å²) in [5.41, 5.74) is 3.79. The first-order valence-electron chi connectivity index (χ1n) is 5.85. The average molecular weight is 224 g/mol. The van der Waals surface area contributed by atoms with Gasteiger partial charge in [-0.25, -0.2) is 4.98 Å². The van der Waals surface area contributed by atoms with E-state index in [0.29, 0.717) is 0 Å². The molecule has 15 heavy (non-hydrogen) atoms. The third-order valence-corrected chi connectivity index (χ3v) is 3.62. The monoisotopic (exact) mass is 223 g/mol. The standard InChI is InChI=1S/C13H18ClN/c1-3-4-10-5-6-11-7-9(2)15-13(14)12(11)8-10/h7,10H,3-6,8H2,1-2H3. The summed E-state index contributed by atoms with van der Waals surface area (Å²) in [5, 5.41) is 0.741. The van der Waals surface area contributed by atoms with Crippen molar-refractivity contribution in [1.29, 1.82) is 0 Å². The second kappa shape index (κ2) is 4.52. The van der Waals surface area contributed by atoms with Crippen LogP contribution < -0.4 is 0 Å². The lowest BCUT2D eigenvalue weighted by atomic mass is 9.82. The van der Waals surface area contributed by atoms with Crippen molar-refractivity contribution in [2.24, 2.45) is 5.92 Å². The molecule has 1 heterocycles. The first kappa shape index (κ1) is 10.9. The Hall–Kier alpha value is -0.560. The summed E-state index contributed by atoms with van der Waals surface area (Å²) in [5.74, 6) is 0.824. The zero-order valence-electron chi connectivity index (χ0n) is 9.52. The highest BCUT2D eigenvalue weighted by Gasteiger charge is 2.20. The molecule has 1 atom stereocenters. The number of halogens is 1. The van der Waals surface area contributed by atoms with Crippen LogP contribution in [0.5, 0.6) is 0 Å². The van der Waals surface area contributed by atoms with Gasteiger partial charge in [-0.15, -0.1) is 0 Å². The predicted molar refractivity (Wildman–Crippen MR) is 64.4 cm³/mol. The van der Waals surface area contributed by atoms with Crippen LogP contribution in [0.4, 0.5) is 0 Å². The fourth-order valence-corrected chi connectivity index (χ4v) is 2.90. The fourth-order valence-electron chi connectivity index (χ4n) is 2.57. The van der Waals surface area contributed by atoms with Crippen molar-refractivity contribution in [2.45, 2.75) is 46.0 Å². The van der Waals surface area contributed by atoms with Crippen LogP contribution in [-0.2, 0) is 12.8 Å². The molecule has 0 aromatic carbocycles. The number of pyridine rings is 1. The number of rotatable bonds is 2. The molecule has 0 saturated carbocycles. The summed E-state index contributed by atoms with van der Waals surface area (Å²) in [4.78, 5) is 4.35. The highest BCUT2D eigenvalue weighted by Crippen LogP contribution is 2.32. The number of hydrogen-bond acceptors (Lipinski definition) is 1. The van der Waals surface area contributed by atoms with Crippen LogP contribution in [0.1, 0.15) is 43.0 Å². The Kier molecular flexibility index (Phi) is 3.30. The van der Waals surface area contributed by atoms with Gasteiger partial charge in [0.1, 0.15) is 5.15 Å². The molecule has 1 aliphatic carbocycles. The van der Waals surface area contributed by atoms with Gasteiger partial charge < -0.3 is 0 Å². The molecule has 0 amide bonds. The number of fused-ring (bicyclic) bond motifs is 1. The van der Waals surface area contributed by atoms with Gasteiger partial charge in [0.15, 0.2) is 0 Å². The highest BCUT2D eigenvalue weighted by molar-refractivity contribution is 6.30. The minimum absolute atomic E-state index is 0.741. The smallest absolute Gasteiger partial charge is 0.132 e. The largest absolute Gasteiger partial charge is 0.241 e. The second-order valence-corrected chi connectivity index (χ2v) is 4.95. The third kappa shape index (κ3) is 2.34. The maximum atomic E-state index is 6.20. The Morgan fingerprint density at radius 2 is 2.33 bits per heavy atom. The van der Waals surface area contributed by atoms with E-state index in [9.17, 15) is 0 Å². The van der Waals surface area contributed by atoms with Crippen molar-refractivity contribution in [3.8, 4) is 0 Å². The normalized spacial score (nSPS) is 20.1. The molecule has 0 radical (unpaired) electrons. The predicted octanol–water partition coefficient (Wildman–Crippen LogP) is 3.95. The molecule has 0 saturated heterocycles. The molecule has 1 aliphatic rings. The molecule has 1 nitrogen and oxygen atoms in total. The van der Waals surface area contributed by atoms with Gasteiger partial charge in [-0.2, -0.15) is 0 Å². The third-order valence-electron chi connectivity index (χ3n) is 3.31. The van der Waals surface area contributed by atoms with E-state index in [1.807, 2.05) is 6.92 Å². The molecule has 0 N–H and O–H groups in total. The topological polar surface area (TPSA) is 12.9 Å². The first-order valence-corrected chi connectivity index (χ1v) is 6.23. The summed E-state index contributed by atoms with van der Waals surface area (Å²) >= 11 is 6.20. The summed E-state index contributed by atoms with van der Waals surface area (Å²) in [7, 11) is 0. The molecule has 82 valence electrons. The van der Waals surface area contributed by atoms with Crippen LogP contribution >= 0.6 is 11.6 Å². The maximum Gasteiger partial charge on any atom is 0.132 e. The number of aromatic nitrogens is 1. The van der Waals surface area contributed by atoms with Gasteiger partial charge >= 0.3 is 0 Å². The number of hydrogen-bond donors (Lipinski definition) is 0. The van der Waals surface area contributed by atoms with Crippen LogP contribution in [0.25, 0.3) is 0 Å². The molecule has 1 aromatic rings. The molecule has 0 aliphatic heterocycles. The molecule has 2 rings (SSSR count). The van der Waals surface area contributed by atoms with Gasteiger partial charge in [0, 0.05) is 5.69 Å². The summed E-state index contributed by atoms with van der Waals surface area (Å²) < 4.78 is 0. The fraction of sp³-hybridized carbons (Fsp3) is 0.615. The zero-order chi connectivity index (χ0) is 10.8. The lowest BCUT2D eigenvalue weighted by Crippen LogP contribution is -2.15. The van der Waals surface area contributed by atoms with Crippen molar-refractivity contribution >= 4 is 11.6 Å². The van der Waals surface area contributed by atoms with E-state index in [4.69, 9.17) is 11.6 Å². The SMILES string of the molecule is CCCC1CCc2cc(C)nc(Cl)c2C1. The Morgan fingerprint density at radius 3 is 3.07 bits per heavy atom. The minimum atomic E-state index is 0.741. The zero-order valence-corrected chi connectivity index (χ0v) is 10.3. The molecule has 1 aromatic heterocycles. The van der Waals surface area contributed by atoms with Gasteiger partial charge in [-0.1, -0.05) is 31.4 Å². The van der Waals surface area contributed by atoms with Crippen LogP contribution in [0.2, 0.25) is 5.15 Å². The van der Waals surface area contributed by atoms with Crippen LogP contribution in [-0.4, -0.2) is 4.98 Å². The van der Waals surface area contributed by atoms with E-state index in [1.165, 1.54) is 36.8 Å². The molecule has 2 heteroatoms. The maximum absolute atomic E-state index is 6.20. The average Bonchev–Trinajstić information content (AvgIpc) is 2.19. The quantitative estimate of drug-likeness (QED) is 0.692. The van der Waals surface area contributed by atoms with Crippen molar-refractivity contribution in [1.82, 2.24) is 4.98 Å². The van der Waals surface area contributed by atoms with Gasteiger partial charge in [0.25, 0.3) is 0 Å². The molecule has 0 spiro atoms. The molecular weight excluding hydrogens is 206 g/mol. The van der Waals surface area contributed by atoms with E-state index in [-0.39, 0.29) is 0 Å². The van der Waals surface area contributed by atoms with Crippen molar-refractivity contribution < 1.29 is 0 Å². The Balaban J connectivity index is 2.25. The summed E-state index contributed by atoms with van der Waals surface area (Å²) in [6, 6.07) is 2.20. The van der Waals surface area contributed by atoms with Gasteiger partial charge in [0.05, 0.1) is 0 Å². The lowest BCUT2D eigenvalue weighted by molar-refractivity contribution is 0.422. The molecule has 0 bridgehead atoms. The van der Waals surface area contributed by atoms with Crippen LogP contribution in [0.15, 0.2) is 6.07 Å². The highest BCUT2D eigenvalue weighted by atomic mass is 35.5. The molecule has 1 unspecified atom stereocenters. The number of aryl methyl sites for hydroxylation is 2. The van der Waals surface area contributed by atoms with Crippen LogP contribution in [0.3, 0.4) is 0 Å². The molecular formula is C13H18ClN. The van der Waals surface area contributed by atoms with Crippen LogP contribution in [0, 0.1) is 12.8 Å². The Morgan fingerprint density at radius 1 is 1.53 bits per heavy atom. The van der Waals surface area contributed by atoms with E-state index in [1.54, 1.807) is 0 Å². The van der Waals surface area contributed by atoms with Gasteiger partial charge in [-0.3, -0.25) is 0 Å². The summed E-state index contributed by atoms with van der Waals surface area (Å²) in [6.45, 7) is 4.27. The van der Waals surface area contributed by atoms with Gasteiger partial charge in [0.2, 0.25) is 0 Å². The summed E-state index contributed by atoms with van der Waals surface area (Å²) in [6.07, 6.45) is 6.24. The number of nitrogens with zero attached hydrogens (tertiary/aromatic N) is 1. The Labute approximate surface area is 96.9 Å². The lowest BCUT2D eigenvalue weighted by Gasteiger charge is -2.25. The van der Waals surface area contributed by atoms with Gasteiger partial charge in [-0.05, 0) is 49.3 Å². The van der Waals surface area contributed by atoms with E-state index in [2.05, 4.69) is 18.0 Å². The second-order valence-electron chi connectivity index (χ2n) is 4.59.